The molecule has 7 nitrogen and oxygen atoms in total. The maximum absolute atomic E-state index is 12.2. The fraction of sp³-hybridized carbons (Fsp3) is 0.550. The lowest BCUT2D eigenvalue weighted by molar-refractivity contribution is 0.158. The van der Waals surface area contributed by atoms with Gasteiger partial charge in [-0.15, -0.1) is 0 Å². The first-order valence-corrected chi connectivity index (χ1v) is 9.89. The molecule has 0 unspecified atom stereocenters. The third-order valence-corrected chi connectivity index (χ3v) is 5.43. The molecular formula is C20H28N6O. The molecule has 27 heavy (non-hydrogen) atoms. The zero-order valence-corrected chi connectivity index (χ0v) is 16.0. The van der Waals surface area contributed by atoms with Crippen molar-refractivity contribution in [2.24, 2.45) is 0 Å². The summed E-state index contributed by atoms with van der Waals surface area (Å²) in [6.45, 7) is 7.11. The predicted octanol–water partition coefficient (Wildman–Crippen LogP) is 2.34. The fourth-order valence-electron chi connectivity index (χ4n) is 4.09. The SMILES string of the molecule is Cc1cccc(CN2Cc3ccnn3[C@@H](CCNC(=O)N3CCCC3)C2)n1. The molecule has 0 saturated carbocycles. The molecule has 0 spiro atoms. The van der Waals surface area contributed by atoms with Crippen molar-refractivity contribution in [2.75, 3.05) is 26.2 Å². The van der Waals surface area contributed by atoms with Crippen LogP contribution in [0.2, 0.25) is 0 Å². The van der Waals surface area contributed by atoms with Gasteiger partial charge >= 0.3 is 6.03 Å². The monoisotopic (exact) mass is 368 g/mol. The maximum atomic E-state index is 12.2. The molecule has 2 aliphatic heterocycles. The number of hydrogen-bond acceptors (Lipinski definition) is 4. The lowest BCUT2D eigenvalue weighted by Crippen LogP contribution is -2.41. The van der Waals surface area contributed by atoms with E-state index in [9.17, 15) is 4.79 Å². The summed E-state index contributed by atoms with van der Waals surface area (Å²) in [4.78, 5) is 21.2. The van der Waals surface area contributed by atoms with Gasteiger partial charge in [0.25, 0.3) is 0 Å². The Morgan fingerprint density at radius 1 is 1.26 bits per heavy atom. The quantitative estimate of drug-likeness (QED) is 0.880. The van der Waals surface area contributed by atoms with Gasteiger partial charge in [-0.05, 0) is 44.4 Å². The number of amides is 2. The van der Waals surface area contributed by atoms with Crippen molar-refractivity contribution in [2.45, 2.75) is 45.3 Å². The van der Waals surface area contributed by atoms with Gasteiger partial charge in [0.05, 0.1) is 17.4 Å². The first-order valence-electron chi connectivity index (χ1n) is 9.89. The molecule has 0 aliphatic carbocycles. The van der Waals surface area contributed by atoms with Crippen LogP contribution in [0.4, 0.5) is 4.79 Å². The van der Waals surface area contributed by atoms with Crippen LogP contribution in [0.25, 0.3) is 0 Å². The number of carbonyl (C=O) groups is 1. The summed E-state index contributed by atoms with van der Waals surface area (Å²) in [5.41, 5.74) is 3.38. The van der Waals surface area contributed by atoms with Crippen LogP contribution in [0.15, 0.2) is 30.5 Å². The normalized spacial score (nSPS) is 19.9. The first kappa shape index (κ1) is 18.0. The van der Waals surface area contributed by atoms with E-state index in [1.165, 1.54) is 5.69 Å². The summed E-state index contributed by atoms with van der Waals surface area (Å²) in [6, 6.07) is 8.62. The summed E-state index contributed by atoms with van der Waals surface area (Å²) >= 11 is 0. The van der Waals surface area contributed by atoms with E-state index >= 15 is 0 Å². The van der Waals surface area contributed by atoms with Crippen molar-refractivity contribution in [3.63, 3.8) is 0 Å². The molecule has 2 aromatic rings. The average molecular weight is 368 g/mol. The Bertz CT molecular complexity index is 782. The number of carbonyl (C=O) groups excluding carboxylic acids is 1. The molecule has 1 saturated heterocycles. The number of aryl methyl sites for hydroxylation is 1. The van der Waals surface area contributed by atoms with Crippen LogP contribution in [-0.4, -0.2) is 56.8 Å². The van der Waals surface area contributed by atoms with Crippen molar-refractivity contribution in [1.29, 1.82) is 0 Å². The van der Waals surface area contributed by atoms with Gasteiger partial charge in [0.1, 0.15) is 0 Å². The van der Waals surface area contributed by atoms with Gasteiger partial charge in [-0.3, -0.25) is 14.6 Å². The second-order valence-corrected chi connectivity index (χ2v) is 7.58. The van der Waals surface area contributed by atoms with Crippen LogP contribution in [0.3, 0.4) is 0 Å². The largest absolute Gasteiger partial charge is 0.338 e. The van der Waals surface area contributed by atoms with Gasteiger partial charge in [-0.1, -0.05) is 6.07 Å². The Morgan fingerprint density at radius 3 is 2.93 bits per heavy atom. The summed E-state index contributed by atoms with van der Waals surface area (Å²) in [5, 5.41) is 7.60. The zero-order chi connectivity index (χ0) is 18.6. The van der Waals surface area contributed by atoms with Crippen LogP contribution in [0.5, 0.6) is 0 Å². The Morgan fingerprint density at radius 2 is 2.11 bits per heavy atom. The topological polar surface area (TPSA) is 66.3 Å². The highest BCUT2D eigenvalue weighted by atomic mass is 16.2. The number of nitrogens with one attached hydrogen (secondary N) is 1. The lowest BCUT2D eigenvalue weighted by Gasteiger charge is -2.34. The van der Waals surface area contributed by atoms with Crippen LogP contribution >= 0.6 is 0 Å². The third-order valence-electron chi connectivity index (χ3n) is 5.43. The van der Waals surface area contributed by atoms with E-state index in [0.29, 0.717) is 6.54 Å². The molecular weight excluding hydrogens is 340 g/mol. The Labute approximate surface area is 160 Å². The van der Waals surface area contributed by atoms with Crippen LogP contribution in [-0.2, 0) is 13.1 Å². The number of aromatic nitrogens is 3. The molecule has 2 aliphatic rings. The van der Waals surface area contributed by atoms with Gasteiger partial charge in [0.15, 0.2) is 0 Å². The highest BCUT2D eigenvalue weighted by molar-refractivity contribution is 5.74. The van der Waals surface area contributed by atoms with Gasteiger partial charge in [-0.2, -0.15) is 5.10 Å². The Balaban J connectivity index is 1.36. The minimum Gasteiger partial charge on any atom is -0.338 e. The molecule has 1 N–H and O–H groups in total. The minimum absolute atomic E-state index is 0.0739. The van der Waals surface area contributed by atoms with E-state index in [1.807, 2.05) is 24.1 Å². The number of nitrogens with zero attached hydrogens (tertiary/aromatic N) is 5. The Hall–Kier alpha value is -2.41. The zero-order valence-electron chi connectivity index (χ0n) is 16.0. The van der Waals surface area contributed by atoms with Crippen molar-refractivity contribution < 1.29 is 4.79 Å². The van der Waals surface area contributed by atoms with Crippen molar-refractivity contribution in [3.05, 3.63) is 47.5 Å². The first-order chi connectivity index (χ1) is 13.2. The van der Waals surface area contributed by atoms with Gasteiger partial charge < -0.3 is 10.2 Å². The standard InChI is InChI=1S/C20H28N6O/c1-16-5-4-6-17(23-16)13-24-14-18(26-19(15-24)8-10-22-26)7-9-21-20(27)25-11-2-3-12-25/h4-6,8,10,18H,2-3,7,9,11-15H2,1H3,(H,21,27)/t18-/m0/s1. The van der Waals surface area contributed by atoms with E-state index in [2.05, 4.69) is 43.2 Å². The minimum atomic E-state index is 0.0739. The molecule has 144 valence electrons. The molecule has 1 atom stereocenters. The summed E-state index contributed by atoms with van der Waals surface area (Å²) in [6.07, 6.45) is 4.99. The second kappa shape index (κ2) is 8.08. The van der Waals surface area contributed by atoms with E-state index in [-0.39, 0.29) is 12.1 Å². The summed E-state index contributed by atoms with van der Waals surface area (Å²) in [7, 11) is 0. The van der Waals surface area contributed by atoms with E-state index in [4.69, 9.17) is 0 Å². The fourth-order valence-corrected chi connectivity index (χ4v) is 4.09. The molecule has 0 bridgehead atoms. The lowest BCUT2D eigenvalue weighted by atomic mass is 10.1. The molecule has 7 heteroatoms. The molecule has 2 amide bonds. The van der Waals surface area contributed by atoms with Gasteiger partial charge in [0, 0.05) is 51.2 Å². The van der Waals surface area contributed by atoms with Gasteiger partial charge in [0.2, 0.25) is 0 Å². The number of likely N-dealkylation sites (tertiary alicyclic amines) is 1. The molecule has 1 fully saturated rings. The van der Waals surface area contributed by atoms with Crippen molar-refractivity contribution in [1.82, 2.24) is 29.9 Å². The summed E-state index contributed by atoms with van der Waals surface area (Å²) < 4.78 is 2.13. The van der Waals surface area contributed by atoms with E-state index < -0.39 is 0 Å². The van der Waals surface area contributed by atoms with Crippen LogP contribution < -0.4 is 5.32 Å². The highest BCUT2D eigenvalue weighted by Crippen LogP contribution is 2.24. The van der Waals surface area contributed by atoms with Crippen LogP contribution in [0, 0.1) is 6.92 Å². The molecule has 0 aromatic carbocycles. The Kier molecular flexibility index (Phi) is 5.38. The molecule has 0 radical (unpaired) electrons. The summed E-state index contributed by atoms with van der Waals surface area (Å²) in [5.74, 6) is 0. The van der Waals surface area contributed by atoms with Crippen molar-refractivity contribution in [3.8, 4) is 0 Å². The predicted molar refractivity (Wildman–Crippen MR) is 103 cm³/mol. The number of urea groups is 1. The second-order valence-electron chi connectivity index (χ2n) is 7.58. The van der Waals surface area contributed by atoms with Crippen molar-refractivity contribution >= 4 is 6.03 Å². The highest BCUT2D eigenvalue weighted by Gasteiger charge is 2.26. The number of rotatable bonds is 5. The molecule has 2 aromatic heterocycles. The molecule has 4 heterocycles. The average Bonchev–Trinajstić information content (AvgIpc) is 3.33. The van der Waals surface area contributed by atoms with Gasteiger partial charge in [-0.25, -0.2) is 4.79 Å². The number of fused-ring (bicyclic) bond motifs is 1. The molecule has 4 rings (SSSR count). The number of hydrogen-bond donors (Lipinski definition) is 1. The maximum Gasteiger partial charge on any atom is 0.317 e. The smallest absolute Gasteiger partial charge is 0.317 e. The number of pyridine rings is 1. The van der Waals surface area contributed by atoms with E-state index in [0.717, 1.165) is 63.4 Å². The van der Waals surface area contributed by atoms with Crippen LogP contribution in [0.1, 0.15) is 42.4 Å². The third kappa shape index (κ3) is 4.30. The van der Waals surface area contributed by atoms with E-state index in [1.54, 1.807) is 0 Å².